The van der Waals surface area contributed by atoms with Crippen molar-refractivity contribution in [2.75, 3.05) is 20.6 Å². The summed E-state index contributed by atoms with van der Waals surface area (Å²) in [6, 6.07) is 14.9. The van der Waals surface area contributed by atoms with E-state index in [4.69, 9.17) is 11.6 Å². The molecule has 0 aliphatic heterocycles. The van der Waals surface area contributed by atoms with Crippen LogP contribution in [0.5, 0.6) is 0 Å². The maximum absolute atomic E-state index is 12.0. The molecular weight excluding hydrogens is 338 g/mol. The summed E-state index contributed by atoms with van der Waals surface area (Å²) in [5.41, 5.74) is 2.63. The smallest absolute Gasteiger partial charge is 0.253 e. The van der Waals surface area contributed by atoms with E-state index < -0.39 is 0 Å². The van der Waals surface area contributed by atoms with Gasteiger partial charge >= 0.3 is 0 Å². The van der Waals surface area contributed by atoms with Gasteiger partial charge in [0.25, 0.3) is 5.91 Å². The first kappa shape index (κ1) is 19.0. The van der Waals surface area contributed by atoms with Crippen molar-refractivity contribution in [1.82, 2.24) is 10.6 Å². The molecule has 6 heteroatoms. The van der Waals surface area contributed by atoms with Gasteiger partial charge < -0.3 is 15.5 Å². The number of rotatable bonds is 7. The zero-order valence-corrected chi connectivity index (χ0v) is 15.2. The van der Waals surface area contributed by atoms with E-state index in [1.807, 2.05) is 12.1 Å². The van der Waals surface area contributed by atoms with Gasteiger partial charge in [-0.2, -0.15) is 0 Å². The summed E-state index contributed by atoms with van der Waals surface area (Å²) in [7, 11) is 4.20. The summed E-state index contributed by atoms with van der Waals surface area (Å²) in [5, 5.41) is 5.72. The number of hydrogen-bond acceptors (Lipinski definition) is 2. The topological polar surface area (TPSA) is 62.6 Å². The van der Waals surface area contributed by atoms with Crippen LogP contribution >= 0.6 is 11.6 Å². The van der Waals surface area contributed by atoms with Crippen LogP contribution in [0.3, 0.4) is 0 Å². The van der Waals surface area contributed by atoms with Crippen molar-refractivity contribution < 1.29 is 14.5 Å². The molecule has 0 bridgehead atoms. The molecule has 25 heavy (non-hydrogen) atoms. The van der Waals surface area contributed by atoms with Crippen molar-refractivity contribution in [3.05, 3.63) is 70.2 Å². The van der Waals surface area contributed by atoms with Gasteiger partial charge in [0, 0.05) is 12.1 Å². The molecule has 0 heterocycles. The van der Waals surface area contributed by atoms with Gasteiger partial charge in [-0.25, -0.2) is 0 Å². The van der Waals surface area contributed by atoms with Crippen molar-refractivity contribution in [2.45, 2.75) is 13.1 Å². The summed E-state index contributed by atoms with van der Waals surface area (Å²) < 4.78 is 0. The van der Waals surface area contributed by atoms with E-state index in [0.717, 1.165) is 12.1 Å². The SMILES string of the molecule is C[NH+](C)Cc1ccc(CNC(=O)CNC(=O)c2ccccc2Cl)cc1. The van der Waals surface area contributed by atoms with Gasteiger partial charge in [-0.05, 0) is 17.7 Å². The lowest BCUT2D eigenvalue weighted by atomic mass is 10.1. The minimum atomic E-state index is -0.365. The molecule has 2 rings (SSSR count). The normalized spacial score (nSPS) is 10.6. The molecule has 0 saturated carbocycles. The molecule has 0 aromatic heterocycles. The van der Waals surface area contributed by atoms with Crippen LogP contribution in [0, 0.1) is 0 Å². The van der Waals surface area contributed by atoms with Gasteiger partial charge in [0.2, 0.25) is 5.91 Å². The van der Waals surface area contributed by atoms with E-state index in [0.29, 0.717) is 17.1 Å². The van der Waals surface area contributed by atoms with E-state index in [1.54, 1.807) is 24.3 Å². The molecule has 0 radical (unpaired) electrons. The zero-order chi connectivity index (χ0) is 18.2. The van der Waals surface area contributed by atoms with Crippen molar-refractivity contribution >= 4 is 23.4 Å². The summed E-state index contributed by atoms with van der Waals surface area (Å²) in [4.78, 5) is 25.2. The second-order valence-electron chi connectivity index (χ2n) is 6.14. The summed E-state index contributed by atoms with van der Waals surface area (Å²) in [5.74, 6) is -0.612. The molecule has 2 amide bonds. The molecule has 0 fully saturated rings. The van der Waals surface area contributed by atoms with E-state index in [9.17, 15) is 9.59 Å². The lowest BCUT2D eigenvalue weighted by Crippen LogP contribution is -3.04. The maximum Gasteiger partial charge on any atom is 0.253 e. The maximum atomic E-state index is 12.0. The predicted molar refractivity (Wildman–Crippen MR) is 98.6 cm³/mol. The lowest BCUT2D eigenvalue weighted by molar-refractivity contribution is -0.872. The average molecular weight is 361 g/mol. The van der Waals surface area contributed by atoms with Gasteiger partial charge in [-0.3, -0.25) is 9.59 Å². The monoisotopic (exact) mass is 360 g/mol. The van der Waals surface area contributed by atoms with E-state index >= 15 is 0 Å². The van der Waals surface area contributed by atoms with E-state index in [2.05, 4.69) is 36.9 Å². The Morgan fingerprint density at radius 3 is 2.24 bits per heavy atom. The number of carbonyl (C=O) groups excluding carboxylic acids is 2. The molecule has 132 valence electrons. The zero-order valence-electron chi connectivity index (χ0n) is 14.4. The molecule has 0 unspecified atom stereocenters. The molecule has 3 N–H and O–H groups in total. The Kier molecular flexibility index (Phi) is 6.98. The van der Waals surface area contributed by atoms with Crippen LogP contribution in [0.25, 0.3) is 0 Å². The highest BCUT2D eigenvalue weighted by Crippen LogP contribution is 2.14. The van der Waals surface area contributed by atoms with Crippen molar-refractivity contribution in [3.8, 4) is 0 Å². The minimum absolute atomic E-state index is 0.0911. The Morgan fingerprint density at radius 1 is 0.960 bits per heavy atom. The number of carbonyl (C=O) groups is 2. The molecule has 5 nitrogen and oxygen atoms in total. The summed E-state index contributed by atoms with van der Waals surface area (Å²) >= 11 is 5.96. The second-order valence-corrected chi connectivity index (χ2v) is 6.55. The molecule has 0 aliphatic rings. The summed E-state index contributed by atoms with van der Waals surface area (Å²) in [6.07, 6.45) is 0. The van der Waals surface area contributed by atoms with Crippen molar-refractivity contribution in [2.24, 2.45) is 0 Å². The van der Waals surface area contributed by atoms with Crippen LogP contribution in [0.1, 0.15) is 21.5 Å². The Balaban J connectivity index is 1.77. The van der Waals surface area contributed by atoms with Crippen LogP contribution in [0.2, 0.25) is 5.02 Å². The molecule has 2 aromatic rings. The van der Waals surface area contributed by atoms with Crippen LogP contribution < -0.4 is 15.5 Å². The first-order chi connectivity index (χ1) is 12.0. The number of quaternary nitrogens is 1. The Hall–Kier alpha value is -2.37. The molecule has 0 spiro atoms. The second kappa shape index (κ2) is 9.20. The predicted octanol–water partition coefficient (Wildman–Crippen LogP) is 1.03. The van der Waals surface area contributed by atoms with Gasteiger partial charge in [0.1, 0.15) is 6.54 Å². The number of benzene rings is 2. The van der Waals surface area contributed by atoms with Crippen LogP contribution in [-0.4, -0.2) is 32.5 Å². The van der Waals surface area contributed by atoms with Gasteiger partial charge in [-0.15, -0.1) is 0 Å². The average Bonchev–Trinajstić information content (AvgIpc) is 2.59. The molecule has 2 aromatic carbocycles. The van der Waals surface area contributed by atoms with E-state index in [-0.39, 0.29) is 18.4 Å². The third kappa shape index (κ3) is 6.21. The van der Waals surface area contributed by atoms with Crippen LogP contribution in [0.15, 0.2) is 48.5 Å². The Labute approximate surface area is 153 Å². The third-order valence-electron chi connectivity index (χ3n) is 3.60. The number of hydrogen-bond donors (Lipinski definition) is 3. The highest BCUT2D eigenvalue weighted by molar-refractivity contribution is 6.33. The highest BCUT2D eigenvalue weighted by atomic mass is 35.5. The third-order valence-corrected chi connectivity index (χ3v) is 3.93. The largest absolute Gasteiger partial charge is 0.350 e. The quantitative estimate of drug-likeness (QED) is 0.690. The van der Waals surface area contributed by atoms with Crippen molar-refractivity contribution in [1.29, 1.82) is 0 Å². The highest BCUT2D eigenvalue weighted by Gasteiger charge is 2.10. The molecule has 0 atom stereocenters. The lowest BCUT2D eigenvalue weighted by Gasteiger charge is -2.09. The first-order valence-electron chi connectivity index (χ1n) is 8.12. The molecular formula is C19H23ClN3O2+. The number of halogens is 1. The van der Waals surface area contributed by atoms with Crippen LogP contribution in [0.4, 0.5) is 0 Å². The fraction of sp³-hybridized carbons (Fsp3) is 0.263. The minimum Gasteiger partial charge on any atom is -0.350 e. The number of amides is 2. The van der Waals surface area contributed by atoms with Crippen LogP contribution in [-0.2, 0) is 17.9 Å². The van der Waals surface area contributed by atoms with E-state index in [1.165, 1.54) is 10.5 Å². The Morgan fingerprint density at radius 2 is 1.60 bits per heavy atom. The van der Waals surface area contributed by atoms with Gasteiger partial charge in [0.05, 0.1) is 31.2 Å². The van der Waals surface area contributed by atoms with Crippen molar-refractivity contribution in [3.63, 3.8) is 0 Å². The Bertz CT molecular complexity index is 730. The first-order valence-corrected chi connectivity index (χ1v) is 8.50. The summed E-state index contributed by atoms with van der Waals surface area (Å²) in [6.45, 7) is 1.29. The molecule has 0 aliphatic carbocycles. The number of nitrogens with one attached hydrogen (secondary N) is 3. The molecule has 0 saturated heterocycles. The fourth-order valence-corrected chi connectivity index (χ4v) is 2.57. The van der Waals surface area contributed by atoms with Gasteiger partial charge in [-0.1, -0.05) is 48.0 Å². The van der Waals surface area contributed by atoms with Gasteiger partial charge in [0.15, 0.2) is 0 Å². The standard InChI is InChI=1S/C19H22ClN3O2/c1-23(2)13-15-9-7-14(8-10-15)11-21-18(24)12-22-19(25)16-5-3-4-6-17(16)20/h3-10H,11-13H2,1-2H3,(H,21,24)(H,22,25)/p+1. The fourth-order valence-electron chi connectivity index (χ4n) is 2.35.